The zero-order chi connectivity index (χ0) is 14.1. The zero-order valence-corrected chi connectivity index (χ0v) is 11.3. The number of carbonyl (C=O) groups is 2. The van der Waals surface area contributed by atoms with Gasteiger partial charge in [-0.05, 0) is 19.8 Å². The van der Waals surface area contributed by atoms with Crippen LogP contribution in [0, 0.1) is 0 Å². The quantitative estimate of drug-likeness (QED) is 0.693. The molecule has 0 atom stereocenters. The predicted octanol–water partition coefficient (Wildman–Crippen LogP) is -0.268. The molecule has 1 heterocycles. The largest absolute Gasteiger partial charge is 0.450 e. The van der Waals surface area contributed by atoms with E-state index in [0.29, 0.717) is 6.61 Å². The van der Waals surface area contributed by atoms with Crippen LogP contribution >= 0.6 is 0 Å². The monoisotopic (exact) mass is 274 g/mol. The first kappa shape index (κ1) is 15.9. The van der Waals surface area contributed by atoms with Gasteiger partial charge >= 0.3 is 6.09 Å². The molecule has 0 unspecified atom stereocenters. The van der Waals surface area contributed by atoms with Crippen LogP contribution in [0.5, 0.6) is 0 Å². The molecular formula is C12H22N2O5. The molecule has 2 amide bonds. The van der Waals surface area contributed by atoms with Crippen molar-refractivity contribution in [3.05, 3.63) is 0 Å². The molecule has 1 saturated heterocycles. The molecule has 1 rings (SSSR count). The van der Waals surface area contributed by atoms with E-state index in [-0.39, 0.29) is 31.8 Å². The Labute approximate surface area is 112 Å². The molecule has 0 spiro atoms. The van der Waals surface area contributed by atoms with Crippen LogP contribution in [0.15, 0.2) is 0 Å². The Bertz CT molecular complexity index is 290. The van der Waals surface area contributed by atoms with E-state index >= 15 is 0 Å². The van der Waals surface area contributed by atoms with Gasteiger partial charge < -0.3 is 14.6 Å². The van der Waals surface area contributed by atoms with Crippen molar-refractivity contribution in [1.29, 1.82) is 0 Å². The van der Waals surface area contributed by atoms with Crippen LogP contribution in [0.1, 0.15) is 19.8 Å². The van der Waals surface area contributed by atoms with Gasteiger partial charge in [0.05, 0.1) is 32.5 Å². The third-order valence-corrected chi connectivity index (χ3v) is 2.86. The van der Waals surface area contributed by atoms with Gasteiger partial charge in [-0.1, -0.05) is 0 Å². The molecule has 0 bridgehead atoms. The van der Waals surface area contributed by atoms with Crippen LogP contribution in [0.2, 0.25) is 0 Å². The van der Waals surface area contributed by atoms with Crippen molar-refractivity contribution >= 4 is 12.0 Å². The number of aliphatic hydroxyl groups excluding tert-OH is 1. The van der Waals surface area contributed by atoms with Crippen LogP contribution in [-0.2, 0) is 14.3 Å². The zero-order valence-electron chi connectivity index (χ0n) is 11.3. The highest BCUT2D eigenvalue weighted by atomic mass is 16.5. The Morgan fingerprint density at radius 2 is 2.05 bits per heavy atom. The SMILES string of the molecule is CCOC(=O)NC(=O)CN1CCC(OCCO)CC1. The Kier molecular flexibility index (Phi) is 7.39. The van der Waals surface area contributed by atoms with Gasteiger partial charge in [0.15, 0.2) is 0 Å². The molecule has 1 fully saturated rings. The van der Waals surface area contributed by atoms with Crippen LogP contribution in [0.3, 0.4) is 0 Å². The van der Waals surface area contributed by atoms with Crippen molar-refractivity contribution < 1.29 is 24.2 Å². The summed E-state index contributed by atoms with van der Waals surface area (Å²) >= 11 is 0. The lowest BCUT2D eigenvalue weighted by Crippen LogP contribution is -2.44. The van der Waals surface area contributed by atoms with Crippen LogP contribution in [0.4, 0.5) is 4.79 Å². The Morgan fingerprint density at radius 1 is 1.37 bits per heavy atom. The minimum Gasteiger partial charge on any atom is -0.450 e. The molecule has 0 aromatic rings. The van der Waals surface area contributed by atoms with Crippen molar-refractivity contribution in [2.24, 2.45) is 0 Å². The summed E-state index contributed by atoms with van der Waals surface area (Å²) < 4.78 is 10.1. The molecule has 7 heteroatoms. The Balaban J connectivity index is 2.18. The van der Waals surface area contributed by atoms with E-state index < -0.39 is 6.09 Å². The second kappa shape index (κ2) is 8.84. The standard InChI is InChI=1S/C12H22N2O5/c1-2-18-12(17)13-11(16)9-14-5-3-10(4-6-14)19-8-7-15/h10,15H,2-9H2,1H3,(H,13,16,17). The molecule has 0 aromatic carbocycles. The maximum Gasteiger partial charge on any atom is 0.413 e. The van der Waals surface area contributed by atoms with Gasteiger partial charge in [-0.2, -0.15) is 0 Å². The van der Waals surface area contributed by atoms with Crippen molar-refractivity contribution in [3.8, 4) is 0 Å². The molecule has 0 aliphatic carbocycles. The number of hydrogen-bond donors (Lipinski definition) is 2. The summed E-state index contributed by atoms with van der Waals surface area (Å²) in [6.45, 7) is 3.98. The lowest BCUT2D eigenvalue weighted by molar-refractivity contribution is -0.122. The lowest BCUT2D eigenvalue weighted by Gasteiger charge is -2.31. The van der Waals surface area contributed by atoms with Gasteiger partial charge in [0.2, 0.25) is 5.91 Å². The second-order valence-corrected chi connectivity index (χ2v) is 4.34. The number of aliphatic hydroxyl groups is 1. The van der Waals surface area contributed by atoms with Gasteiger partial charge in [-0.25, -0.2) is 4.79 Å². The molecule has 19 heavy (non-hydrogen) atoms. The van der Waals surface area contributed by atoms with Gasteiger partial charge in [-0.3, -0.25) is 15.0 Å². The Hall–Kier alpha value is -1.18. The average Bonchev–Trinajstić information content (AvgIpc) is 2.38. The maximum absolute atomic E-state index is 11.5. The summed E-state index contributed by atoms with van der Waals surface area (Å²) in [5.41, 5.74) is 0. The maximum atomic E-state index is 11.5. The fourth-order valence-corrected chi connectivity index (χ4v) is 1.98. The average molecular weight is 274 g/mol. The summed E-state index contributed by atoms with van der Waals surface area (Å²) in [5, 5.41) is 10.8. The number of alkyl carbamates (subject to hydrolysis) is 1. The first-order valence-corrected chi connectivity index (χ1v) is 6.57. The van der Waals surface area contributed by atoms with Gasteiger partial charge in [0.1, 0.15) is 0 Å². The highest BCUT2D eigenvalue weighted by Gasteiger charge is 2.21. The smallest absolute Gasteiger partial charge is 0.413 e. The molecule has 0 radical (unpaired) electrons. The first-order valence-electron chi connectivity index (χ1n) is 6.57. The topological polar surface area (TPSA) is 88.1 Å². The van der Waals surface area contributed by atoms with E-state index in [0.717, 1.165) is 25.9 Å². The first-order chi connectivity index (χ1) is 9.15. The van der Waals surface area contributed by atoms with Crippen molar-refractivity contribution in [1.82, 2.24) is 10.2 Å². The third kappa shape index (κ3) is 6.51. The van der Waals surface area contributed by atoms with Gasteiger partial charge in [-0.15, -0.1) is 0 Å². The molecule has 110 valence electrons. The minimum atomic E-state index is -0.700. The highest BCUT2D eigenvalue weighted by molar-refractivity contribution is 5.92. The van der Waals surface area contributed by atoms with E-state index in [9.17, 15) is 9.59 Å². The normalized spacial score (nSPS) is 17.2. The fraction of sp³-hybridized carbons (Fsp3) is 0.833. The van der Waals surface area contributed by atoms with Gasteiger partial charge in [0, 0.05) is 13.1 Å². The summed E-state index contributed by atoms with van der Waals surface area (Å²) in [5.74, 6) is -0.354. The number of ether oxygens (including phenoxy) is 2. The molecule has 0 aromatic heterocycles. The van der Waals surface area contributed by atoms with E-state index in [4.69, 9.17) is 9.84 Å². The summed E-state index contributed by atoms with van der Waals surface area (Å²) in [6, 6.07) is 0. The molecule has 1 aliphatic rings. The number of carbonyl (C=O) groups excluding carboxylic acids is 2. The van der Waals surface area contributed by atoms with Gasteiger partial charge in [0.25, 0.3) is 0 Å². The molecule has 7 nitrogen and oxygen atoms in total. The number of likely N-dealkylation sites (tertiary alicyclic amines) is 1. The van der Waals surface area contributed by atoms with Crippen LogP contribution < -0.4 is 5.32 Å². The molecule has 0 saturated carbocycles. The number of hydrogen-bond acceptors (Lipinski definition) is 6. The van der Waals surface area contributed by atoms with E-state index in [1.165, 1.54) is 0 Å². The van der Waals surface area contributed by atoms with E-state index in [1.807, 2.05) is 4.90 Å². The summed E-state index contributed by atoms with van der Waals surface area (Å²) in [7, 11) is 0. The molecule has 1 aliphatic heterocycles. The number of piperidine rings is 1. The number of imide groups is 1. The molecule has 2 N–H and O–H groups in total. The van der Waals surface area contributed by atoms with E-state index in [2.05, 4.69) is 10.1 Å². The molecular weight excluding hydrogens is 252 g/mol. The van der Waals surface area contributed by atoms with Crippen molar-refractivity contribution in [2.45, 2.75) is 25.9 Å². The Morgan fingerprint density at radius 3 is 2.63 bits per heavy atom. The second-order valence-electron chi connectivity index (χ2n) is 4.34. The number of amides is 2. The number of nitrogens with one attached hydrogen (secondary N) is 1. The third-order valence-electron chi connectivity index (χ3n) is 2.86. The number of nitrogens with zero attached hydrogens (tertiary/aromatic N) is 1. The minimum absolute atomic E-state index is 0.0299. The predicted molar refractivity (Wildman–Crippen MR) is 67.7 cm³/mol. The fourth-order valence-electron chi connectivity index (χ4n) is 1.98. The summed E-state index contributed by atoms with van der Waals surface area (Å²) in [4.78, 5) is 24.5. The summed E-state index contributed by atoms with van der Waals surface area (Å²) in [6.07, 6.45) is 1.10. The lowest BCUT2D eigenvalue weighted by atomic mass is 10.1. The number of rotatable bonds is 6. The van der Waals surface area contributed by atoms with Crippen LogP contribution in [-0.4, -0.2) is 67.6 Å². The highest BCUT2D eigenvalue weighted by Crippen LogP contribution is 2.12. The van der Waals surface area contributed by atoms with Crippen LogP contribution in [0.25, 0.3) is 0 Å². The van der Waals surface area contributed by atoms with Crippen molar-refractivity contribution in [2.75, 3.05) is 39.5 Å². The van der Waals surface area contributed by atoms with E-state index in [1.54, 1.807) is 6.92 Å². The van der Waals surface area contributed by atoms with Crippen molar-refractivity contribution in [3.63, 3.8) is 0 Å².